The van der Waals surface area contributed by atoms with Crippen molar-refractivity contribution in [2.45, 2.75) is 11.4 Å². The first-order valence-electron chi connectivity index (χ1n) is 5.80. The maximum absolute atomic E-state index is 13.3. The zero-order valence-electron chi connectivity index (χ0n) is 10.6. The highest BCUT2D eigenvalue weighted by Crippen LogP contribution is 2.26. The predicted molar refractivity (Wildman–Crippen MR) is 81.6 cm³/mol. The minimum atomic E-state index is -3.95. The van der Waals surface area contributed by atoms with E-state index in [1.165, 1.54) is 24.3 Å². The third-order valence-corrected chi connectivity index (χ3v) is 4.86. The number of sulfonamides is 1. The van der Waals surface area contributed by atoms with E-state index in [0.717, 1.165) is 6.07 Å². The molecule has 0 saturated carbocycles. The summed E-state index contributed by atoms with van der Waals surface area (Å²) in [7, 11) is -3.95. The molecular weight excluding hydrogens is 338 g/mol. The first kappa shape index (κ1) is 16.0. The Morgan fingerprint density at radius 1 is 1.10 bits per heavy atom. The molecule has 3 N–H and O–H groups in total. The highest BCUT2D eigenvalue weighted by Gasteiger charge is 2.19. The summed E-state index contributed by atoms with van der Waals surface area (Å²) in [6, 6.07) is 8.04. The van der Waals surface area contributed by atoms with E-state index in [-0.39, 0.29) is 27.2 Å². The SMILES string of the molecule is NCc1ccc(Cl)c(S(=O)(=O)Nc2ccc(Cl)c(F)c2)c1. The molecule has 0 aliphatic rings. The van der Waals surface area contributed by atoms with Crippen molar-refractivity contribution < 1.29 is 12.8 Å². The van der Waals surface area contributed by atoms with Crippen molar-refractivity contribution in [3.05, 3.63) is 57.8 Å². The van der Waals surface area contributed by atoms with Crippen molar-refractivity contribution in [3.8, 4) is 0 Å². The fourth-order valence-electron chi connectivity index (χ4n) is 1.65. The summed E-state index contributed by atoms with van der Waals surface area (Å²) in [5.74, 6) is -0.723. The molecule has 0 aliphatic heterocycles. The van der Waals surface area contributed by atoms with E-state index < -0.39 is 15.8 Å². The number of anilines is 1. The summed E-state index contributed by atoms with van der Waals surface area (Å²) in [6.45, 7) is 0.176. The van der Waals surface area contributed by atoms with Crippen LogP contribution in [0.25, 0.3) is 0 Å². The van der Waals surface area contributed by atoms with Gasteiger partial charge < -0.3 is 5.73 Å². The molecule has 0 bridgehead atoms. The average Bonchev–Trinajstić information content (AvgIpc) is 2.43. The zero-order chi connectivity index (χ0) is 15.6. The van der Waals surface area contributed by atoms with Crippen LogP contribution in [-0.4, -0.2) is 8.42 Å². The molecule has 0 aromatic heterocycles. The van der Waals surface area contributed by atoms with Crippen molar-refractivity contribution in [1.82, 2.24) is 0 Å². The van der Waals surface area contributed by atoms with Gasteiger partial charge in [0, 0.05) is 6.54 Å². The third-order valence-electron chi connectivity index (χ3n) is 2.69. The quantitative estimate of drug-likeness (QED) is 0.889. The van der Waals surface area contributed by atoms with Gasteiger partial charge in [-0.15, -0.1) is 0 Å². The van der Waals surface area contributed by atoms with Gasteiger partial charge in [0.2, 0.25) is 0 Å². The lowest BCUT2D eigenvalue weighted by Crippen LogP contribution is -2.14. The number of hydrogen-bond donors (Lipinski definition) is 2. The molecule has 0 unspecified atom stereocenters. The summed E-state index contributed by atoms with van der Waals surface area (Å²) >= 11 is 11.5. The fourth-order valence-corrected chi connectivity index (χ4v) is 3.37. The maximum Gasteiger partial charge on any atom is 0.263 e. The maximum atomic E-state index is 13.3. The third kappa shape index (κ3) is 3.65. The molecule has 0 atom stereocenters. The van der Waals surface area contributed by atoms with Crippen LogP contribution >= 0.6 is 23.2 Å². The Labute approximate surface area is 131 Å². The number of nitrogens with one attached hydrogen (secondary N) is 1. The van der Waals surface area contributed by atoms with Gasteiger partial charge in [-0.3, -0.25) is 4.72 Å². The van der Waals surface area contributed by atoms with E-state index in [1.54, 1.807) is 6.07 Å². The molecule has 0 amide bonds. The van der Waals surface area contributed by atoms with E-state index in [2.05, 4.69) is 4.72 Å². The highest BCUT2D eigenvalue weighted by molar-refractivity contribution is 7.92. The molecular formula is C13H11Cl2FN2O2S. The lowest BCUT2D eigenvalue weighted by Gasteiger charge is -2.11. The first-order chi connectivity index (χ1) is 9.83. The molecule has 2 aromatic rings. The Hall–Kier alpha value is -1.34. The van der Waals surface area contributed by atoms with Gasteiger partial charge in [-0.2, -0.15) is 0 Å². The topological polar surface area (TPSA) is 72.2 Å². The van der Waals surface area contributed by atoms with Gasteiger partial charge in [0.1, 0.15) is 10.7 Å². The summed E-state index contributed by atoms with van der Waals surface area (Å²) in [4.78, 5) is -0.123. The first-order valence-corrected chi connectivity index (χ1v) is 8.04. The van der Waals surface area contributed by atoms with Gasteiger partial charge in [0.25, 0.3) is 10.0 Å². The molecule has 2 aromatic carbocycles. The second-order valence-electron chi connectivity index (χ2n) is 4.20. The van der Waals surface area contributed by atoms with Crippen LogP contribution in [0, 0.1) is 5.82 Å². The monoisotopic (exact) mass is 348 g/mol. The van der Waals surface area contributed by atoms with Crippen molar-refractivity contribution in [2.24, 2.45) is 5.73 Å². The van der Waals surface area contributed by atoms with Crippen molar-refractivity contribution in [3.63, 3.8) is 0 Å². The molecule has 0 spiro atoms. The molecule has 0 radical (unpaired) electrons. The van der Waals surface area contributed by atoms with Crippen molar-refractivity contribution in [1.29, 1.82) is 0 Å². The number of benzene rings is 2. The predicted octanol–water partition coefficient (Wildman–Crippen LogP) is 3.39. The molecule has 4 nitrogen and oxygen atoms in total. The lowest BCUT2D eigenvalue weighted by molar-refractivity contribution is 0.601. The van der Waals surface area contributed by atoms with E-state index >= 15 is 0 Å². The Bertz CT molecular complexity index is 782. The van der Waals surface area contributed by atoms with E-state index in [4.69, 9.17) is 28.9 Å². The number of rotatable bonds is 4. The van der Waals surface area contributed by atoms with Gasteiger partial charge in [-0.1, -0.05) is 29.3 Å². The Balaban J connectivity index is 2.40. The summed E-state index contributed by atoms with van der Waals surface area (Å²) in [6.07, 6.45) is 0. The van der Waals surface area contributed by atoms with Gasteiger partial charge in [0.05, 0.1) is 15.7 Å². The summed E-state index contributed by atoms with van der Waals surface area (Å²) in [5.41, 5.74) is 6.14. The van der Waals surface area contributed by atoms with Crippen LogP contribution in [0.2, 0.25) is 10.0 Å². The van der Waals surface area contributed by atoms with Crippen LogP contribution in [0.3, 0.4) is 0 Å². The van der Waals surface area contributed by atoms with Crippen LogP contribution in [0.15, 0.2) is 41.3 Å². The van der Waals surface area contributed by atoms with Crippen molar-refractivity contribution >= 4 is 38.9 Å². The van der Waals surface area contributed by atoms with Crippen LogP contribution in [0.5, 0.6) is 0 Å². The molecule has 0 fully saturated rings. The van der Waals surface area contributed by atoms with Crippen LogP contribution in [0.4, 0.5) is 10.1 Å². The normalized spacial score (nSPS) is 11.4. The fraction of sp³-hybridized carbons (Fsp3) is 0.0769. The molecule has 0 heterocycles. The number of nitrogens with two attached hydrogens (primary N) is 1. The molecule has 8 heteroatoms. The van der Waals surface area contributed by atoms with Gasteiger partial charge in [0.15, 0.2) is 0 Å². The van der Waals surface area contributed by atoms with E-state index in [1.807, 2.05) is 0 Å². The standard InChI is InChI=1S/C13H11Cl2FN2O2S/c14-10-4-2-9(6-12(10)16)18-21(19,20)13-5-8(7-17)1-3-11(13)15/h1-6,18H,7,17H2. The minimum absolute atomic E-state index is 0.0473. The second kappa shape index (κ2) is 6.19. The van der Waals surface area contributed by atoms with Crippen LogP contribution in [0.1, 0.15) is 5.56 Å². The molecule has 112 valence electrons. The lowest BCUT2D eigenvalue weighted by atomic mass is 10.2. The number of halogens is 3. The largest absolute Gasteiger partial charge is 0.326 e. The summed E-state index contributed by atoms with van der Waals surface area (Å²) in [5, 5.41) is -0.0461. The second-order valence-corrected chi connectivity index (χ2v) is 6.67. The smallest absolute Gasteiger partial charge is 0.263 e. The summed E-state index contributed by atoms with van der Waals surface area (Å²) < 4.78 is 40.2. The minimum Gasteiger partial charge on any atom is -0.326 e. The van der Waals surface area contributed by atoms with Gasteiger partial charge >= 0.3 is 0 Å². The average molecular weight is 349 g/mol. The Kier molecular flexibility index (Phi) is 4.73. The number of hydrogen-bond acceptors (Lipinski definition) is 3. The zero-order valence-corrected chi connectivity index (χ0v) is 12.9. The van der Waals surface area contributed by atoms with E-state index in [9.17, 15) is 12.8 Å². The van der Waals surface area contributed by atoms with Crippen molar-refractivity contribution in [2.75, 3.05) is 4.72 Å². The van der Waals surface area contributed by atoms with Crippen LogP contribution < -0.4 is 10.5 Å². The van der Waals surface area contributed by atoms with Gasteiger partial charge in [-0.25, -0.2) is 12.8 Å². The molecule has 0 saturated heterocycles. The molecule has 2 rings (SSSR count). The Morgan fingerprint density at radius 2 is 1.76 bits per heavy atom. The van der Waals surface area contributed by atoms with Crippen LogP contribution in [-0.2, 0) is 16.6 Å². The van der Waals surface area contributed by atoms with E-state index in [0.29, 0.717) is 5.56 Å². The highest BCUT2D eigenvalue weighted by atomic mass is 35.5. The molecule has 0 aliphatic carbocycles. The van der Waals surface area contributed by atoms with Gasteiger partial charge in [-0.05, 0) is 35.9 Å². The Morgan fingerprint density at radius 3 is 2.38 bits per heavy atom. The molecule has 21 heavy (non-hydrogen) atoms.